The summed E-state index contributed by atoms with van der Waals surface area (Å²) in [5.41, 5.74) is 0.883. The van der Waals surface area contributed by atoms with Crippen molar-refractivity contribution < 1.29 is 23.8 Å². The predicted molar refractivity (Wildman–Crippen MR) is 106 cm³/mol. The van der Waals surface area contributed by atoms with Gasteiger partial charge in [-0.3, -0.25) is 4.79 Å². The number of nitriles is 2. The lowest BCUT2D eigenvalue weighted by Crippen LogP contribution is -2.35. The van der Waals surface area contributed by atoms with Gasteiger partial charge in [-0.1, -0.05) is 24.3 Å². The fourth-order valence-corrected chi connectivity index (χ4v) is 2.76. The fraction of sp³-hybridized carbons (Fsp3) is 0.182. The Bertz CT molecular complexity index is 1050. The van der Waals surface area contributed by atoms with E-state index in [0.717, 1.165) is 0 Å². The minimum Gasteiger partial charge on any atom is -0.454 e. The quantitative estimate of drug-likeness (QED) is 0.397. The maximum Gasteiger partial charge on any atom is 0.349 e. The van der Waals surface area contributed by atoms with Crippen molar-refractivity contribution in [1.29, 1.82) is 10.5 Å². The van der Waals surface area contributed by atoms with Crippen LogP contribution in [0.2, 0.25) is 0 Å². The third-order valence-electron chi connectivity index (χ3n) is 4.19. The third kappa shape index (κ3) is 4.94. The molecule has 0 spiro atoms. The molecule has 8 nitrogen and oxygen atoms in total. The van der Waals surface area contributed by atoms with Gasteiger partial charge in [0.25, 0.3) is 5.91 Å². The van der Waals surface area contributed by atoms with E-state index in [1.807, 2.05) is 6.07 Å². The van der Waals surface area contributed by atoms with E-state index in [1.54, 1.807) is 54.6 Å². The van der Waals surface area contributed by atoms with Gasteiger partial charge in [0.05, 0.1) is 12.5 Å². The SMILES string of the molecule is N#CCCN(C(=O)COC(=O)/C(C#N)=C/c1ccc2c(c1)OCO2)c1ccccc1. The van der Waals surface area contributed by atoms with Gasteiger partial charge in [0.1, 0.15) is 11.6 Å². The molecule has 0 fully saturated rings. The number of carbonyl (C=O) groups is 2. The summed E-state index contributed by atoms with van der Waals surface area (Å²) in [6.45, 7) is -0.282. The number of para-hydroxylation sites is 1. The first-order valence-electron chi connectivity index (χ1n) is 9.03. The van der Waals surface area contributed by atoms with Gasteiger partial charge in [0.15, 0.2) is 18.1 Å². The van der Waals surface area contributed by atoms with Crippen molar-refractivity contribution in [2.24, 2.45) is 0 Å². The molecule has 0 N–H and O–H groups in total. The van der Waals surface area contributed by atoms with Crippen LogP contribution in [0, 0.1) is 22.7 Å². The molecule has 0 bridgehead atoms. The van der Waals surface area contributed by atoms with Crippen molar-refractivity contribution in [3.8, 4) is 23.6 Å². The van der Waals surface area contributed by atoms with Crippen molar-refractivity contribution in [3.05, 3.63) is 59.7 Å². The summed E-state index contributed by atoms with van der Waals surface area (Å²) in [4.78, 5) is 26.2. The highest BCUT2D eigenvalue weighted by atomic mass is 16.7. The minimum absolute atomic E-state index is 0.113. The zero-order valence-corrected chi connectivity index (χ0v) is 15.9. The monoisotopic (exact) mass is 403 g/mol. The summed E-state index contributed by atoms with van der Waals surface area (Å²) >= 11 is 0. The zero-order chi connectivity index (χ0) is 21.3. The zero-order valence-electron chi connectivity index (χ0n) is 15.9. The summed E-state index contributed by atoms with van der Waals surface area (Å²) in [5.74, 6) is -0.320. The topological polar surface area (TPSA) is 113 Å². The predicted octanol–water partition coefficient (Wildman–Crippen LogP) is 2.81. The maximum atomic E-state index is 12.6. The highest BCUT2D eigenvalue weighted by molar-refractivity contribution is 6.00. The Kier molecular flexibility index (Phi) is 6.65. The van der Waals surface area contributed by atoms with E-state index in [0.29, 0.717) is 22.7 Å². The number of benzene rings is 2. The highest BCUT2D eigenvalue weighted by Gasteiger charge is 2.19. The van der Waals surface area contributed by atoms with Crippen LogP contribution in [0.4, 0.5) is 5.69 Å². The molecule has 0 aromatic heterocycles. The van der Waals surface area contributed by atoms with E-state index in [2.05, 4.69) is 0 Å². The second-order valence-corrected chi connectivity index (χ2v) is 6.15. The van der Waals surface area contributed by atoms with Gasteiger partial charge in [-0.05, 0) is 35.9 Å². The van der Waals surface area contributed by atoms with Gasteiger partial charge in [0, 0.05) is 12.2 Å². The van der Waals surface area contributed by atoms with E-state index < -0.39 is 18.5 Å². The van der Waals surface area contributed by atoms with Gasteiger partial charge in [0.2, 0.25) is 6.79 Å². The molecule has 2 aromatic carbocycles. The molecule has 1 heterocycles. The number of hydrogen-bond donors (Lipinski definition) is 0. The molecule has 0 aliphatic carbocycles. The Hall–Kier alpha value is -4.30. The average Bonchev–Trinajstić information content (AvgIpc) is 3.24. The summed E-state index contributed by atoms with van der Waals surface area (Å²) in [6, 6.07) is 17.5. The van der Waals surface area contributed by atoms with Crippen LogP contribution in [-0.4, -0.2) is 31.8 Å². The molecule has 8 heteroatoms. The normalized spacial score (nSPS) is 11.9. The Balaban J connectivity index is 1.67. The fourth-order valence-electron chi connectivity index (χ4n) is 2.76. The number of amides is 1. The summed E-state index contributed by atoms with van der Waals surface area (Å²) in [7, 11) is 0. The van der Waals surface area contributed by atoms with E-state index >= 15 is 0 Å². The largest absolute Gasteiger partial charge is 0.454 e. The first-order chi connectivity index (χ1) is 14.6. The number of rotatable bonds is 7. The van der Waals surface area contributed by atoms with Crippen LogP contribution in [0.25, 0.3) is 6.08 Å². The summed E-state index contributed by atoms with van der Waals surface area (Å²) < 4.78 is 15.5. The number of esters is 1. The maximum absolute atomic E-state index is 12.6. The lowest BCUT2D eigenvalue weighted by atomic mass is 10.1. The molecule has 0 radical (unpaired) electrons. The third-order valence-corrected chi connectivity index (χ3v) is 4.19. The van der Waals surface area contributed by atoms with Crippen LogP contribution in [0.3, 0.4) is 0 Å². The molecular formula is C22H17N3O5. The van der Waals surface area contributed by atoms with Crippen LogP contribution in [0.5, 0.6) is 11.5 Å². The van der Waals surface area contributed by atoms with E-state index in [9.17, 15) is 14.9 Å². The first-order valence-corrected chi connectivity index (χ1v) is 9.03. The van der Waals surface area contributed by atoms with Gasteiger partial charge in [-0.2, -0.15) is 10.5 Å². The van der Waals surface area contributed by atoms with Crippen LogP contribution in [0.1, 0.15) is 12.0 Å². The second-order valence-electron chi connectivity index (χ2n) is 6.15. The second kappa shape index (κ2) is 9.76. The van der Waals surface area contributed by atoms with Gasteiger partial charge in [-0.15, -0.1) is 0 Å². The number of ether oxygens (including phenoxy) is 3. The Morgan fingerprint density at radius 1 is 1.10 bits per heavy atom. The highest BCUT2D eigenvalue weighted by Crippen LogP contribution is 2.33. The molecule has 150 valence electrons. The van der Waals surface area contributed by atoms with Crippen molar-refractivity contribution in [2.45, 2.75) is 6.42 Å². The molecule has 1 aliphatic heterocycles. The molecule has 0 saturated heterocycles. The number of hydrogen-bond acceptors (Lipinski definition) is 7. The van der Waals surface area contributed by atoms with Crippen molar-refractivity contribution in [3.63, 3.8) is 0 Å². The Morgan fingerprint density at radius 2 is 1.87 bits per heavy atom. The standard InChI is InChI=1S/C22H17N3O5/c23-9-4-10-25(18-5-2-1-3-6-18)21(26)14-28-22(27)17(13-24)11-16-7-8-19-20(12-16)30-15-29-19/h1-3,5-8,11-12H,4,10,14-15H2/b17-11+. The molecule has 0 saturated carbocycles. The number of nitrogens with zero attached hydrogens (tertiary/aromatic N) is 3. The molecule has 0 atom stereocenters. The molecule has 0 unspecified atom stereocenters. The van der Waals surface area contributed by atoms with Crippen LogP contribution in [-0.2, 0) is 14.3 Å². The Morgan fingerprint density at radius 3 is 2.60 bits per heavy atom. The average molecular weight is 403 g/mol. The van der Waals surface area contributed by atoms with Gasteiger partial charge in [-0.25, -0.2) is 4.79 Å². The van der Waals surface area contributed by atoms with E-state index in [-0.39, 0.29) is 25.3 Å². The minimum atomic E-state index is -0.920. The molecule has 30 heavy (non-hydrogen) atoms. The summed E-state index contributed by atoms with van der Waals surface area (Å²) in [6.07, 6.45) is 1.47. The lowest BCUT2D eigenvalue weighted by Gasteiger charge is -2.21. The van der Waals surface area contributed by atoms with Crippen LogP contribution in [0.15, 0.2) is 54.1 Å². The van der Waals surface area contributed by atoms with Crippen LogP contribution < -0.4 is 14.4 Å². The van der Waals surface area contributed by atoms with Gasteiger partial charge < -0.3 is 19.1 Å². The van der Waals surface area contributed by atoms with Crippen LogP contribution >= 0.6 is 0 Å². The van der Waals surface area contributed by atoms with Crippen molar-refractivity contribution >= 4 is 23.6 Å². The Labute approximate surface area is 173 Å². The number of fused-ring (bicyclic) bond motifs is 1. The van der Waals surface area contributed by atoms with E-state index in [4.69, 9.17) is 19.5 Å². The smallest absolute Gasteiger partial charge is 0.349 e. The van der Waals surface area contributed by atoms with Gasteiger partial charge >= 0.3 is 5.97 Å². The molecule has 2 aromatic rings. The number of anilines is 1. The number of carbonyl (C=O) groups excluding carboxylic acids is 2. The molecular weight excluding hydrogens is 386 g/mol. The first kappa shape index (κ1) is 20.4. The summed E-state index contributed by atoms with van der Waals surface area (Å²) in [5, 5.41) is 18.1. The molecule has 1 aliphatic rings. The van der Waals surface area contributed by atoms with Crippen molar-refractivity contribution in [2.75, 3.05) is 24.8 Å². The van der Waals surface area contributed by atoms with E-state index in [1.165, 1.54) is 11.0 Å². The van der Waals surface area contributed by atoms with Crippen molar-refractivity contribution in [1.82, 2.24) is 0 Å². The lowest BCUT2D eigenvalue weighted by molar-refractivity contribution is -0.143. The molecule has 3 rings (SSSR count). The molecule has 1 amide bonds.